The van der Waals surface area contributed by atoms with Gasteiger partial charge in [0.1, 0.15) is 17.6 Å². The third-order valence-corrected chi connectivity index (χ3v) is 6.73. The monoisotopic (exact) mass is 485 g/mol. The number of nitro benzene ring substituents is 1. The fourth-order valence-corrected chi connectivity index (χ4v) is 5.19. The second-order valence-corrected chi connectivity index (χ2v) is 9.97. The zero-order chi connectivity index (χ0) is 25.6. The molecule has 184 valence electrons. The van der Waals surface area contributed by atoms with Crippen molar-refractivity contribution in [3.05, 3.63) is 87.8 Å². The van der Waals surface area contributed by atoms with Crippen LogP contribution in [0.1, 0.15) is 51.8 Å². The molecule has 1 atom stereocenters. The second kappa shape index (κ2) is 8.78. The first-order valence-electron chi connectivity index (χ1n) is 12.0. The molecular formula is C28H27N3O5. The fourth-order valence-electron chi connectivity index (χ4n) is 5.19. The first kappa shape index (κ1) is 23.5. The summed E-state index contributed by atoms with van der Waals surface area (Å²) >= 11 is 0. The number of carbonyl (C=O) groups excluding carboxylic acids is 2. The molecule has 0 fully saturated rings. The highest BCUT2D eigenvalue weighted by atomic mass is 16.6. The molecule has 0 unspecified atom stereocenters. The number of hydrogen-bond donors (Lipinski definition) is 1. The van der Waals surface area contributed by atoms with Gasteiger partial charge in [0, 0.05) is 30.2 Å². The summed E-state index contributed by atoms with van der Waals surface area (Å²) in [5.41, 5.74) is 2.66. The summed E-state index contributed by atoms with van der Waals surface area (Å²) in [4.78, 5) is 39.9. The topological polar surface area (TPSA) is 106 Å². The highest BCUT2D eigenvalue weighted by Crippen LogP contribution is 2.49. The van der Waals surface area contributed by atoms with E-state index in [4.69, 9.17) is 4.42 Å². The van der Waals surface area contributed by atoms with Crippen molar-refractivity contribution >= 4 is 28.8 Å². The lowest BCUT2D eigenvalue weighted by Crippen LogP contribution is -2.39. The number of ketones is 1. The Balaban J connectivity index is 1.74. The fraction of sp³-hybridized carbons (Fsp3) is 0.286. The lowest BCUT2D eigenvalue weighted by Gasteiger charge is -2.36. The van der Waals surface area contributed by atoms with Crippen molar-refractivity contribution in [3.8, 4) is 11.3 Å². The van der Waals surface area contributed by atoms with E-state index in [1.807, 2.05) is 24.3 Å². The molecule has 2 aromatic carbocycles. The Hall–Kier alpha value is -4.20. The molecule has 0 spiro atoms. The Morgan fingerprint density at radius 3 is 2.58 bits per heavy atom. The van der Waals surface area contributed by atoms with E-state index in [2.05, 4.69) is 19.2 Å². The highest BCUT2D eigenvalue weighted by molar-refractivity contribution is 6.06. The van der Waals surface area contributed by atoms with Gasteiger partial charge in [-0.2, -0.15) is 0 Å². The number of nitrogens with zero attached hydrogens (tertiary/aromatic N) is 2. The zero-order valence-corrected chi connectivity index (χ0v) is 20.4. The number of para-hydroxylation sites is 3. The van der Waals surface area contributed by atoms with Crippen LogP contribution in [0, 0.1) is 15.5 Å². The van der Waals surface area contributed by atoms with Crippen LogP contribution in [-0.2, 0) is 9.59 Å². The number of rotatable bonds is 4. The number of anilines is 2. The summed E-state index contributed by atoms with van der Waals surface area (Å²) in [7, 11) is 0. The first-order valence-corrected chi connectivity index (χ1v) is 12.0. The third-order valence-electron chi connectivity index (χ3n) is 6.73. The molecule has 8 heteroatoms. The Bertz CT molecular complexity index is 1420. The van der Waals surface area contributed by atoms with Crippen LogP contribution in [0.5, 0.6) is 0 Å². The minimum absolute atomic E-state index is 0.0518. The summed E-state index contributed by atoms with van der Waals surface area (Å²) in [6, 6.07) is 16.4. The van der Waals surface area contributed by atoms with E-state index in [1.54, 1.807) is 42.2 Å². The molecule has 1 amide bonds. The van der Waals surface area contributed by atoms with Crippen LogP contribution in [0.2, 0.25) is 0 Å². The molecule has 5 rings (SSSR count). The van der Waals surface area contributed by atoms with Gasteiger partial charge in [-0.05, 0) is 42.2 Å². The maximum absolute atomic E-state index is 13.6. The molecule has 1 aromatic heterocycles. The first-order chi connectivity index (χ1) is 17.2. The predicted molar refractivity (Wildman–Crippen MR) is 136 cm³/mol. The summed E-state index contributed by atoms with van der Waals surface area (Å²) in [6.45, 7) is 5.88. The molecule has 1 aliphatic heterocycles. The number of benzene rings is 2. The number of amides is 1. The Morgan fingerprint density at radius 2 is 1.83 bits per heavy atom. The van der Waals surface area contributed by atoms with E-state index in [9.17, 15) is 19.7 Å². The van der Waals surface area contributed by atoms with Gasteiger partial charge in [0.25, 0.3) is 5.69 Å². The highest BCUT2D eigenvalue weighted by Gasteiger charge is 2.44. The minimum Gasteiger partial charge on any atom is -0.458 e. The quantitative estimate of drug-likeness (QED) is 0.338. The van der Waals surface area contributed by atoms with Crippen molar-refractivity contribution in [2.24, 2.45) is 5.41 Å². The molecule has 0 saturated heterocycles. The molecule has 2 aliphatic rings. The third kappa shape index (κ3) is 3.98. The van der Waals surface area contributed by atoms with Crippen molar-refractivity contribution in [2.45, 2.75) is 46.1 Å². The normalized spacial score (nSPS) is 18.7. The van der Waals surface area contributed by atoms with E-state index in [0.29, 0.717) is 41.2 Å². The largest absolute Gasteiger partial charge is 0.458 e. The number of allylic oxidation sites excluding steroid dienone is 1. The second-order valence-electron chi connectivity index (χ2n) is 9.97. The lowest BCUT2D eigenvalue weighted by molar-refractivity contribution is -0.384. The Kier molecular flexibility index (Phi) is 5.74. The lowest BCUT2D eigenvalue weighted by atomic mass is 9.74. The Labute approximate surface area is 208 Å². The van der Waals surface area contributed by atoms with Crippen molar-refractivity contribution in [3.63, 3.8) is 0 Å². The number of hydrogen-bond acceptors (Lipinski definition) is 6. The van der Waals surface area contributed by atoms with Gasteiger partial charge in [-0.3, -0.25) is 24.6 Å². The van der Waals surface area contributed by atoms with Gasteiger partial charge in [0.05, 0.1) is 21.9 Å². The van der Waals surface area contributed by atoms with E-state index < -0.39 is 11.0 Å². The predicted octanol–water partition coefficient (Wildman–Crippen LogP) is 6.41. The maximum atomic E-state index is 13.6. The standard InChI is InChI=1S/C28H27N3O5/c1-4-25(33)30-21-12-8-6-10-18(21)29-19-15-28(2,3)16-22(32)26(19)27(30)24-14-13-23(36-24)17-9-5-7-11-20(17)31(34)35/h5-14,27,29H,4,15-16H2,1-3H3/t27-/m1/s1. The van der Waals surface area contributed by atoms with Gasteiger partial charge in [-0.15, -0.1) is 0 Å². The molecule has 8 nitrogen and oxygen atoms in total. The molecule has 0 radical (unpaired) electrons. The van der Waals surface area contributed by atoms with E-state index >= 15 is 0 Å². The number of nitrogens with one attached hydrogen (secondary N) is 1. The average Bonchev–Trinajstić information content (AvgIpc) is 3.27. The molecule has 0 saturated carbocycles. The number of fused-ring (bicyclic) bond motifs is 1. The maximum Gasteiger partial charge on any atom is 0.280 e. The van der Waals surface area contributed by atoms with Crippen molar-refractivity contribution in [2.75, 3.05) is 10.2 Å². The van der Waals surface area contributed by atoms with E-state index in [1.165, 1.54) is 6.07 Å². The van der Waals surface area contributed by atoms with Crippen LogP contribution in [0.15, 0.2) is 76.4 Å². The van der Waals surface area contributed by atoms with Crippen LogP contribution in [0.4, 0.5) is 17.1 Å². The minimum atomic E-state index is -0.802. The summed E-state index contributed by atoms with van der Waals surface area (Å²) in [6.07, 6.45) is 1.20. The van der Waals surface area contributed by atoms with Crippen LogP contribution in [-0.4, -0.2) is 16.6 Å². The van der Waals surface area contributed by atoms with Gasteiger partial charge in [-0.1, -0.05) is 45.0 Å². The van der Waals surface area contributed by atoms with Crippen molar-refractivity contribution < 1.29 is 18.9 Å². The van der Waals surface area contributed by atoms with Crippen molar-refractivity contribution in [1.29, 1.82) is 0 Å². The van der Waals surface area contributed by atoms with E-state index in [0.717, 1.165) is 11.4 Å². The van der Waals surface area contributed by atoms with Gasteiger partial charge in [0.15, 0.2) is 5.78 Å². The van der Waals surface area contributed by atoms with E-state index in [-0.39, 0.29) is 29.2 Å². The average molecular weight is 486 g/mol. The van der Waals surface area contributed by atoms with Crippen LogP contribution in [0.3, 0.4) is 0 Å². The number of carbonyl (C=O) groups is 2. The molecule has 3 aromatic rings. The smallest absolute Gasteiger partial charge is 0.280 e. The molecule has 1 aliphatic carbocycles. The molecule has 36 heavy (non-hydrogen) atoms. The van der Waals surface area contributed by atoms with Crippen molar-refractivity contribution in [1.82, 2.24) is 0 Å². The number of Topliss-reactive ketones (excluding diaryl/α,β-unsaturated/α-hetero) is 1. The molecular weight excluding hydrogens is 458 g/mol. The van der Waals surface area contributed by atoms with Gasteiger partial charge in [0.2, 0.25) is 5.91 Å². The summed E-state index contributed by atoms with van der Waals surface area (Å²) in [5, 5.41) is 15.1. The van der Waals surface area contributed by atoms with Crippen LogP contribution >= 0.6 is 0 Å². The number of nitro groups is 1. The zero-order valence-electron chi connectivity index (χ0n) is 20.4. The van der Waals surface area contributed by atoms with Crippen LogP contribution < -0.4 is 10.2 Å². The van der Waals surface area contributed by atoms with Gasteiger partial charge in [-0.25, -0.2) is 0 Å². The molecule has 0 bridgehead atoms. The summed E-state index contributed by atoms with van der Waals surface area (Å²) < 4.78 is 6.23. The van der Waals surface area contributed by atoms with Crippen LogP contribution in [0.25, 0.3) is 11.3 Å². The molecule has 2 heterocycles. The number of furan rings is 1. The summed E-state index contributed by atoms with van der Waals surface area (Å²) in [5.74, 6) is 0.467. The molecule has 1 N–H and O–H groups in total. The SMILES string of the molecule is CCC(=O)N1c2ccccc2NC2=C(C(=O)CC(C)(C)C2)[C@H]1c1ccc(-c2ccccc2[N+](=O)[O-])o1. The van der Waals surface area contributed by atoms with Gasteiger partial charge >= 0.3 is 0 Å². The Morgan fingerprint density at radius 1 is 1.11 bits per heavy atom. The van der Waals surface area contributed by atoms with Gasteiger partial charge < -0.3 is 9.73 Å².